The van der Waals surface area contributed by atoms with Gasteiger partial charge >= 0.3 is 0 Å². The molecule has 98 valence electrons. The molecule has 2 fully saturated rings. The van der Waals surface area contributed by atoms with Crippen LogP contribution in [0.1, 0.15) is 52.9 Å². The Labute approximate surface area is 105 Å². The molecule has 0 aromatic heterocycles. The third-order valence-electron chi connectivity index (χ3n) is 4.92. The number of carbonyl (C=O) groups excluding carboxylic acids is 1. The molecule has 1 amide bonds. The van der Waals surface area contributed by atoms with Gasteiger partial charge in [0.05, 0.1) is 5.41 Å². The van der Waals surface area contributed by atoms with Crippen LogP contribution in [0.4, 0.5) is 0 Å². The summed E-state index contributed by atoms with van der Waals surface area (Å²) >= 11 is 0. The number of piperidine rings is 1. The fourth-order valence-electron chi connectivity index (χ4n) is 3.14. The first-order valence-electron chi connectivity index (χ1n) is 6.90. The van der Waals surface area contributed by atoms with E-state index >= 15 is 0 Å². The van der Waals surface area contributed by atoms with E-state index in [9.17, 15) is 4.79 Å². The molecule has 0 bridgehead atoms. The molecule has 2 aliphatic rings. The van der Waals surface area contributed by atoms with E-state index in [2.05, 4.69) is 25.7 Å². The number of rotatable bonds is 1. The predicted molar refractivity (Wildman–Crippen MR) is 69.5 cm³/mol. The molecule has 1 heterocycles. The lowest BCUT2D eigenvalue weighted by Crippen LogP contribution is -2.52. The molecule has 2 N–H and O–H groups in total. The van der Waals surface area contributed by atoms with Crippen LogP contribution in [0.2, 0.25) is 0 Å². The van der Waals surface area contributed by atoms with E-state index in [4.69, 9.17) is 5.73 Å². The average molecular weight is 238 g/mol. The van der Waals surface area contributed by atoms with Gasteiger partial charge in [-0.3, -0.25) is 4.79 Å². The lowest BCUT2D eigenvalue weighted by Gasteiger charge is -2.41. The van der Waals surface area contributed by atoms with Gasteiger partial charge in [0.1, 0.15) is 0 Å². The Morgan fingerprint density at radius 2 is 1.76 bits per heavy atom. The van der Waals surface area contributed by atoms with Gasteiger partial charge in [0.15, 0.2) is 0 Å². The summed E-state index contributed by atoms with van der Waals surface area (Å²) in [4.78, 5) is 14.6. The maximum absolute atomic E-state index is 12.6. The van der Waals surface area contributed by atoms with Crippen molar-refractivity contribution in [2.24, 2.45) is 16.6 Å². The van der Waals surface area contributed by atoms with E-state index in [0.29, 0.717) is 11.3 Å². The lowest BCUT2D eigenvalue weighted by molar-refractivity contribution is -0.143. The Balaban J connectivity index is 2.02. The van der Waals surface area contributed by atoms with Crippen molar-refractivity contribution in [2.45, 2.75) is 58.9 Å². The highest BCUT2D eigenvalue weighted by Crippen LogP contribution is 2.40. The third-order valence-corrected chi connectivity index (χ3v) is 4.92. The molecule has 0 spiro atoms. The van der Waals surface area contributed by atoms with Crippen LogP contribution in [0.15, 0.2) is 0 Å². The Bertz CT molecular complexity index is 303. The molecule has 1 aliphatic carbocycles. The molecule has 3 heteroatoms. The number of carbonyl (C=O) groups is 1. The van der Waals surface area contributed by atoms with Crippen LogP contribution in [0.25, 0.3) is 0 Å². The Morgan fingerprint density at radius 3 is 2.24 bits per heavy atom. The maximum Gasteiger partial charge on any atom is 0.230 e. The van der Waals surface area contributed by atoms with E-state index in [1.165, 1.54) is 0 Å². The van der Waals surface area contributed by atoms with Gasteiger partial charge in [-0.15, -0.1) is 0 Å². The third kappa shape index (κ3) is 2.35. The molecular weight excluding hydrogens is 212 g/mol. The van der Waals surface area contributed by atoms with Crippen molar-refractivity contribution in [2.75, 3.05) is 13.1 Å². The van der Waals surface area contributed by atoms with Gasteiger partial charge < -0.3 is 10.6 Å². The molecule has 0 aromatic carbocycles. The topological polar surface area (TPSA) is 46.3 Å². The van der Waals surface area contributed by atoms with Crippen LogP contribution in [0.3, 0.4) is 0 Å². The quantitative estimate of drug-likeness (QED) is 0.761. The highest BCUT2D eigenvalue weighted by atomic mass is 16.2. The fourth-order valence-corrected chi connectivity index (χ4v) is 3.14. The summed E-state index contributed by atoms with van der Waals surface area (Å²) in [5.41, 5.74) is 6.23. The van der Waals surface area contributed by atoms with Crippen LogP contribution >= 0.6 is 0 Å². The highest BCUT2D eigenvalue weighted by molar-refractivity contribution is 5.83. The molecule has 0 radical (unpaired) electrons. The van der Waals surface area contributed by atoms with E-state index in [1.54, 1.807) is 0 Å². The van der Waals surface area contributed by atoms with Crippen molar-refractivity contribution >= 4 is 5.91 Å². The second-order valence-electron chi connectivity index (χ2n) is 6.87. The first kappa shape index (κ1) is 12.9. The van der Waals surface area contributed by atoms with Crippen LogP contribution in [0, 0.1) is 10.8 Å². The van der Waals surface area contributed by atoms with Crippen molar-refractivity contribution in [3.8, 4) is 0 Å². The van der Waals surface area contributed by atoms with Crippen LogP contribution in [-0.4, -0.2) is 29.9 Å². The number of nitrogens with two attached hydrogens (primary N) is 1. The van der Waals surface area contributed by atoms with Crippen molar-refractivity contribution < 1.29 is 4.79 Å². The molecule has 2 rings (SSSR count). The minimum absolute atomic E-state index is 0.0601. The smallest absolute Gasteiger partial charge is 0.230 e. The van der Waals surface area contributed by atoms with Crippen LogP contribution in [0.5, 0.6) is 0 Å². The second kappa shape index (κ2) is 4.27. The fraction of sp³-hybridized carbons (Fsp3) is 0.929. The number of amides is 1. The van der Waals surface area contributed by atoms with Crippen LogP contribution in [-0.2, 0) is 4.79 Å². The highest BCUT2D eigenvalue weighted by Gasteiger charge is 2.45. The summed E-state index contributed by atoms with van der Waals surface area (Å²) in [7, 11) is 0. The maximum atomic E-state index is 12.6. The van der Waals surface area contributed by atoms with Gasteiger partial charge in [0.25, 0.3) is 0 Å². The monoisotopic (exact) mass is 238 g/mol. The molecule has 17 heavy (non-hydrogen) atoms. The largest absolute Gasteiger partial charge is 0.342 e. The van der Waals surface area contributed by atoms with Crippen molar-refractivity contribution in [3.63, 3.8) is 0 Å². The standard InChI is InChI=1S/C14H26N2O/c1-13(2)7-9-16(10-8-13)12(17)14(3)6-4-5-11(14)15/h11H,4-10,15H2,1-3H3. The summed E-state index contributed by atoms with van der Waals surface area (Å²) in [6.45, 7) is 8.46. The van der Waals surface area contributed by atoms with Crippen molar-refractivity contribution in [1.82, 2.24) is 4.90 Å². The molecule has 0 aromatic rings. The molecule has 1 saturated heterocycles. The molecule has 2 unspecified atom stereocenters. The zero-order valence-corrected chi connectivity index (χ0v) is 11.5. The van der Waals surface area contributed by atoms with Gasteiger partial charge in [-0.05, 0) is 38.0 Å². The summed E-state index contributed by atoms with van der Waals surface area (Å²) in [5.74, 6) is 0.304. The predicted octanol–water partition coefficient (Wildman–Crippen LogP) is 2.15. The molecular formula is C14H26N2O. The van der Waals surface area contributed by atoms with Crippen molar-refractivity contribution in [1.29, 1.82) is 0 Å². The van der Waals surface area contributed by atoms with Crippen molar-refractivity contribution in [3.05, 3.63) is 0 Å². The number of hydrogen-bond donors (Lipinski definition) is 1. The van der Waals surface area contributed by atoms with Gasteiger partial charge in [-0.2, -0.15) is 0 Å². The summed E-state index contributed by atoms with van der Waals surface area (Å²) in [6, 6.07) is 0.0601. The SMILES string of the molecule is CC1(C)CCN(C(=O)C2(C)CCCC2N)CC1. The zero-order chi connectivity index (χ0) is 12.7. The lowest BCUT2D eigenvalue weighted by atomic mass is 9.79. The molecule has 2 atom stereocenters. The summed E-state index contributed by atoms with van der Waals surface area (Å²) < 4.78 is 0. The molecule has 1 saturated carbocycles. The second-order valence-corrected chi connectivity index (χ2v) is 6.87. The normalized spacial score (nSPS) is 37.2. The minimum atomic E-state index is -0.290. The first-order chi connectivity index (χ1) is 7.85. The van der Waals surface area contributed by atoms with E-state index < -0.39 is 0 Å². The Kier molecular flexibility index (Phi) is 3.23. The summed E-state index contributed by atoms with van der Waals surface area (Å²) in [5, 5.41) is 0. The molecule has 3 nitrogen and oxygen atoms in total. The zero-order valence-electron chi connectivity index (χ0n) is 11.5. The Morgan fingerprint density at radius 1 is 1.18 bits per heavy atom. The minimum Gasteiger partial charge on any atom is -0.342 e. The van der Waals surface area contributed by atoms with Crippen LogP contribution < -0.4 is 5.73 Å². The number of likely N-dealkylation sites (tertiary alicyclic amines) is 1. The molecule has 1 aliphatic heterocycles. The van der Waals surface area contributed by atoms with Gasteiger partial charge in [-0.1, -0.05) is 20.3 Å². The number of nitrogens with zero attached hydrogens (tertiary/aromatic N) is 1. The first-order valence-corrected chi connectivity index (χ1v) is 6.90. The van der Waals surface area contributed by atoms with Gasteiger partial charge in [0, 0.05) is 19.1 Å². The van der Waals surface area contributed by atoms with E-state index in [-0.39, 0.29) is 11.5 Å². The van der Waals surface area contributed by atoms with Gasteiger partial charge in [-0.25, -0.2) is 0 Å². The average Bonchev–Trinajstić information content (AvgIpc) is 2.60. The Hall–Kier alpha value is -0.570. The number of hydrogen-bond acceptors (Lipinski definition) is 2. The van der Waals surface area contributed by atoms with E-state index in [1.807, 2.05) is 0 Å². The van der Waals surface area contributed by atoms with Gasteiger partial charge in [0.2, 0.25) is 5.91 Å². The van der Waals surface area contributed by atoms with E-state index in [0.717, 1.165) is 45.2 Å². The summed E-state index contributed by atoms with van der Waals surface area (Å²) in [6.07, 6.45) is 5.30.